The maximum atomic E-state index is 12.6. The summed E-state index contributed by atoms with van der Waals surface area (Å²) in [6.07, 6.45) is 6.45. The third-order valence-corrected chi connectivity index (χ3v) is 3.67. The Morgan fingerprint density at radius 2 is 1.67 bits per heavy atom. The van der Waals surface area contributed by atoms with E-state index >= 15 is 0 Å². The van der Waals surface area contributed by atoms with Gasteiger partial charge in [-0.15, -0.1) is 0 Å². The predicted octanol–water partition coefficient (Wildman–Crippen LogP) is 4.77. The smallest absolute Gasteiger partial charge is 0.247 e. The summed E-state index contributed by atoms with van der Waals surface area (Å²) in [6.45, 7) is 0.735. The third kappa shape index (κ3) is 4.40. The number of benzene rings is 1. The van der Waals surface area contributed by atoms with Crippen LogP contribution >= 0.6 is 11.6 Å². The Hall–Kier alpha value is -2.72. The van der Waals surface area contributed by atoms with E-state index in [-0.39, 0.29) is 5.91 Å². The van der Waals surface area contributed by atoms with Crippen molar-refractivity contribution in [3.63, 3.8) is 0 Å². The molecule has 0 radical (unpaired) electrons. The molecule has 2 heterocycles. The van der Waals surface area contributed by atoms with Crippen LogP contribution in [0.3, 0.4) is 0 Å². The van der Waals surface area contributed by atoms with E-state index in [1.54, 1.807) is 47.8 Å². The van der Waals surface area contributed by atoms with Crippen LogP contribution in [-0.2, 0) is 17.9 Å². The fourth-order valence-corrected chi connectivity index (χ4v) is 2.47. The van der Waals surface area contributed by atoms with E-state index < -0.39 is 0 Å². The Morgan fingerprint density at radius 3 is 2.21 bits per heavy atom. The maximum Gasteiger partial charge on any atom is 0.247 e. The summed E-state index contributed by atoms with van der Waals surface area (Å²) in [5.74, 6) is 1.29. The molecule has 0 N–H and O–H groups in total. The quantitative estimate of drug-likeness (QED) is 0.607. The molecule has 0 aliphatic heterocycles. The zero-order valence-electron chi connectivity index (χ0n) is 12.9. The zero-order chi connectivity index (χ0) is 16.8. The van der Waals surface area contributed by atoms with Gasteiger partial charge < -0.3 is 13.7 Å². The summed E-state index contributed by atoms with van der Waals surface area (Å²) in [6, 6.07) is 14.6. The molecule has 24 heavy (non-hydrogen) atoms. The van der Waals surface area contributed by atoms with Gasteiger partial charge in [0.2, 0.25) is 5.91 Å². The second-order valence-corrected chi connectivity index (χ2v) is 5.68. The maximum absolute atomic E-state index is 12.6. The first-order valence-corrected chi connectivity index (χ1v) is 7.86. The van der Waals surface area contributed by atoms with Crippen LogP contribution in [0.5, 0.6) is 0 Å². The molecule has 5 heteroatoms. The van der Waals surface area contributed by atoms with Gasteiger partial charge in [0.05, 0.1) is 25.6 Å². The molecule has 0 aliphatic rings. The molecule has 2 aromatic heterocycles. The van der Waals surface area contributed by atoms with Crippen LogP contribution in [0.25, 0.3) is 6.08 Å². The Labute approximate surface area is 144 Å². The lowest BCUT2D eigenvalue weighted by Crippen LogP contribution is -2.28. The monoisotopic (exact) mass is 341 g/mol. The van der Waals surface area contributed by atoms with Crippen LogP contribution in [0.15, 0.2) is 76.0 Å². The molecular weight excluding hydrogens is 326 g/mol. The first kappa shape index (κ1) is 16.1. The average Bonchev–Trinajstić information content (AvgIpc) is 3.26. The molecule has 0 saturated heterocycles. The highest BCUT2D eigenvalue weighted by Gasteiger charge is 2.15. The van der Waals surface area contributed by atoms with E-state index in [4.69, 9.17) is 20.4 Å². The van der Waals surface area contributed by atoms with Gasteiger partial charge in [0.15, 0.2) is 0 Å². The molecule has 0 atom stereocenters. The fraction of sp³-hybridized carbons (Fsp3) is 0.105. The first-order chi connectivity index (χ1) is 11.7. The summed E-state index contributed by atoms with van der Waals surface area (Å²) in [5, 5.41) is 0.632. The Morgan fingerprint density at radius 1 is 1.00 bits per heavy atom. The summed E-state index contributed by atoms with van der Waals surface area (Å²) >= 11 is 5.96. The first-order valence-electron chi connectivity index (χ1n) is 7.48. The molecule has 0 aliphatic carbocycles. The van der Waals surface area contributed by atoms with Crippen molar-refractivity contribution in [2.75, 3.05) is 0 Å². The molecule has 0 spiro atoms. The molecule has 1 aromatic carbocycles. The summed E-state index contributed by atoms with van der Waals surface area (Å²) in [7, 11) is 0. The molecule has 0 saturated carbocycles. The van der Waals surface area contributed by atoms with Gasteiger partial charge in [0.25, 0.3) is 0 Å². The SMILES string of the molecule is O=C(/C=C/c1cccc(Cl)c1)N(Cc1ccco1)Cc1ccco1. The van der Waals surface area contributed by atoms with Crippen molar-refractivity contribution in [1.82, 2.24) is 4.90 Å². The summed E-state index contributed by atoms with van der Waals surface area (Å²) in [4.78, 5) is 14.2. The lowest BCUT2D eigenvalue weighted by Gasteiger charge is -2.18. The normalized spacial score (nSPS) is 11.0. The number of halogens is 1. The summed E-state index contributed by atoms with van der Waals surface area (Å²) < 4.78 is 10.7. The van der Waals surface area contributed by atoms with Gasteiger partial charge in [-0.2, -0.15) is 0 Å². The number of furan rings is 2. The molecular formula is C19H16ClNO3. The minimum atomic E-state index is -0.136. The van der Waals surface area contributed by atoms with Crippen LogP contribution in [0.4, 0.5) is 0 Å². The van der Waals surface area contributed by atoms with Gasteiger partial charge in [-0.1, -0.05) is 23.7 Å². The van der Waals surface area contributed by atoms with Crippen LogP contribution in [0, 0.1) is 0 Å². The predicted molar refractivity (Wildman–Crippen MR) is 92.2 cm³/mol. The molecule has 0 bridgehead atoms. The van der Waals surface area contributed by atoms with Crippen molar-refractivity contribution in [2.24, 2.45) is 0 Å². The minimum Gasteiger partial charge on any atom is -0.467 e. The second kappa shape index (κ2) is 7.70. The molecule has 3 aromatic rings. The van der Waals surface area contributed by atoms with Crippen molar-refractivity contribution in [1.29, 1.82) is 0 Å². The number of amides is 1. The van der Waals surface area contributed by atoms with Crippen molar-refractivity contribution in [2.45, 2.75) is 13.1 Å². The van der Waals surface area contributed by atoms with Crippen molar-refractivity contribution >= 4 is 23.6 Å². The second-order valence-electron chi connectivity index (χ2n) is 5.24. The highest BCUT2D eigenvalue weighted by molar-refractivity contribution is 6.30. The van der Waals surface area contributed by atoms with E-state index in [1.165, 1.54) is 6.08 Å². The number of carbonyl (C=O) groups excluding carboxylic acids is 1. The number of carbonyl (C=O) groups is 1. The van der Waals surface area contributed by atoms with Crippen molar-refractivity contribution < 1.29 is 13.6 Å². The number of nitrogens with zero attached hydrogens (tertiary/aromatic N) is 1. The topological polar surface area (TPSA) is 46.6 Å². The standard InChI is InChI=1S/C19H16ClNO3/c20-16-5-1-4-15(12-16)8-9-19(22)21(13-17-6-2-10-23-17)14-18-7-3-11-24-18/h1-12H,13-14H2/b9-8+. The van der Waals surface area contributed by atoms with Gasteiger partial charge in [0.1, 0.15) is 11.5 Å². The lowest BCUT2D eigenvalue weighted by atomic mass is 10.2. The average molecular weight is 342 g/mol. The lowest BCUT2D eigenvalue weighted by molar-refractivity contribution is -0.127. The molecule has 0 fully saturated rings. The van der Waals surface area contributed by atoms with Gasteiger partial charge >= 0.3 is 0 Å². The van der Waals surface area contributed by atoms with Gasteiger partial charge in [0, 0.05) is 11.1 Å². The van der Waals surface area contributed by atoms with Crippen LogP contribution in [0.1, 0.15) is 17.1 Å². The van der Waals surface area contributed by atoms with Crippen molar-refractivity contribution in [3.05, 3.63) is 89.2 Å². The van der Waals surface area contributed by atoms with Gasteiger partial charge in [-0.3, -0.25) is 4.79 Å². The number of rotatable bonds is 6. The van der Waals surface area contributed by atoms with Crippen LogP contribution in [-0.4, -0.2) is 10.8 Å². The van der Waals surface area contributed by atoms with E-state index in [0.29, 0.717) is 29.6 Å². The Balaban J connectivity index is 1.74. The van der Waals surface area contributed by atoms with Gasteiger partial charge in [-0.25, -0.2) is 0 Å². The fourth-order valence-electron chi connectivity index (χ4n) is 2.28. The van der Waals surface area contributed by atoms with E-state index in [1.807, 2.05) is 24.3 Å². The molecule has 0 unspecified atom stereocenters. The highest BCUT2D eigenvalue weighted by Crippen LogP contribution is 2.14. The number of hydrogen-bond acceptors (Lipinski definition) is 3. The molecule has 122 valence electrons. The van der Waals surface area contributed by atoms with E-state index in [0.717, 1.165) is 5.56 Å². The van der Waals surface area contributed by atoms with Gasteiger partial charge in [-0.05, 0) is 48.0 Å². The van der Waals surface area contributed by atoms with Crippen molar-refractivity contribution in [3.8, 4) is 0 Å². The molecule has 1 amide bonds. The Kier molecular flexibility index (Phi) is 5.18. The van der Waals surface area contributed by atoms with Crippen LogP contribution in [0.2, 0.25) is 5.02 Å². The molecule has 3 rings (SSSR count). The van der Waals surface area contributed by atoms with Crippen LogP contribution < -0.4 is 0 Å². The van der Waals surface area contributed by atoms with E-state index in [2.05, 4.69) is 0 Å². The third-order valence-electron chi connectivity index (χ3n) is 3.43. The van der Waals surface area contributed by atoms with E-state index in [9.17, 15) is 4.79 Å². The zero-order valence-corrected chi connectivity index (χ0v) is 13.6. The largest absolute Gasteiger partial charge is 0.467 e. The number of hydrogen-bond donors (Lipinski definition) is 0. The Bertz CT molecular complexity index is 771. The molecule has 4 nitrogen and oxygen atoms in total. The highest BCUT2D eigenvalue weighted by atomic mass is 35.5. The minimum absolute atomic E-state index is 0.136. The summed E-state index contributed by atoms with van der Waals surface area (Å²) in [5.41, 5.74) is 0.867.